The first-order valence-corrected chi connectivity index (χ1v) is 10.3. The minimum Gasteiger partial charge on any atom is -0.497 e. The van der Waals surface area contributed by atoms with Gasteiger partial charge < -0.3 is 14.8 Å². The Balaban J connectivity index is 1.51. The monoisotopic (exact) mass is 422 g/mol. The Hall–Kier alpha value is -3.39. The molecule has 0 aliphatic rings. The summed E-state index contributed by atoms with van der Waals surface area (Å²) in [5.74, 6) is 1.60. The van der Waals surface area contributed by atoms with Gasteiger partial charge in [0.1, 0.15) is 17.3 Å². The topological polar surface area (TPSA) is 78.3 Å². The highest BCUT2D eigenvalue weighted by molar-refractivity contribution is 7.20. The van der Waals surface area contributed by atoms with Gasteiger partial charge in [-0.3, -0.25) is 4.79 Å². The number of benzene rings is 2. The van der Waals surface area contributed by atoms with Crippen molar-refractivity contribution in [1.82, 2.24) is 14.8 Å². The maximum atomic E-state index is 12.4. The second-order valence-electron chi connectivity index (χ2n) is 7.00. The number of nitrogens with zero attached hydrogens (tertiary/aromatic N) is 3. The van der Waals surface area contributed by atoms with E-state index in [1.807, 2.05) is 13.0 Å². The predicted octanol–water partition coefficient (Wildman–Crippen LogP) is 4.43. The third kappa shape index (κ3) is 4.13. The Morgan fingerprint density at radius 3 is 2.50 bits per heavy atom. The van der Waals surface area contributed by atoms with Gasteiger partial charge in [0.05, 0.1) is 23.0 Å². The van der Waals surface area contributed by atoms with Gasteiger partial charge in [0.25, 0.3) is 5.91 Å². The number of aromatic nitrogens is 3. The van der Waals surface area contributed by atoms with Crippen LogP contribution in [0.4, 0.5) is 5.82 Å². The number of amides is 1. The van der Waals surface area contributed by atoms with Crippen molar-refractivity contribution in [3.63, 3.8) is 0 Å². The summed E-state index contributed by atoms with van der Waals surface area (Å²) in [4.78, 5) is 17.1. The largest absolute Gasteiger partial charge is 0.497 e. The number of nitrogens with one attached hydrogen (secondary N) is 1. The molecule has 2 aromatic heterocycles. The van der Waals surface area contributed by atoms with Crippen molar-refractivity contribution in [3.05, 3.63) is 59.3 Å². The smallest absolute Gasteiger partial charge is 0.263 e. The van der Waals surface area contributed by atoms with E-state index in [1.54, 1.807) is 36.1 Å². The van der Waals surface area contributed by atoms with Crippen LogP contribution in [0.2, 0.25) is 0 Å². The van der Waals surface area contributed by atoms with Gasteiger partial charge in [-0.2, -0.15) is 9.78 Å². The van der Waals surface area contributed by atoms with Gasteiger partial charge in [0.15, 0.2) is 6.61 Å². The van der Waals surface area contributed by atoms with Crippen LogP contribution < -0.4 is 14.8 Å². The number of anilines is 1. The van der Waals surface area contributed by atoms with E-state index in [2.05, 4.69) is 36.4 Å². The molecule has 4 rings (SSSR count). The van der Waals surface area contributed by atoms with Crippen LogP contribution in [0.5, 0.6) is 11.5 Å². The van der Waals surface area contributed by atoms with Crippen molar-refractivity contribution in [3.8, 4) is 16.6 Å². The van der Waals surface area contributed by atoms with Gasteiger partial charge in [0.2, 0.25) is 5.13 Å². The highest BCUT2D eigenvalue weighted by atomic mass is 32.1. The first kappa shape index (κ1) is 19.9. The molecule has 154 valence electrons. The molecule has 0 atom stereocenters. The summed E-state index contributed by atoms with van der Waals surface area (Å²) in [5, 5.41) is 8.08. The lowest BCUT2D eigenvalue weighted by Crippen LogP contribution is -2.21. The van der Waals surface area contributed by atoms with E-state index in [4.69, 9.17) is 14.5 Å². The van der Waals surface area contributed by atoms with Gasteiger partial charge in [-0.25, -0.2) is 4.98 Å². The van der Waals surface area contributed by atoms with Crippen LogP contribution in [-0.4, -0.2) is 34.4 Å². The van der Waals surface area contributed by atoms with Gasteiger partial charge in [-0.1, -0.05) is 11.3 Å². The molecule has 4 aromatic rings. The number of hydrogen-bond acceptors (Lipinski definition) is 6. The first-order chi connectivity index (χ1) is 14.4. The Morgan fingerprint density at radius 1 is 1.07 bits per heavy atom. The Morgan fingerprint density at radius 2 is 1.77 bits per heavy atom. The van der Waals surface area contributed by atoms with Crippen molar-refractivity contribution >= 4 is 33.3 Å². The number of carbonyl (C=O) groups is 1. The summed E-state index contributed by atoms with van der Waals surface area (Å²) < 4.78 is 13.4. The first-order valence-electron chi connectivity index (χ1n) is 9.44. The molecule has 0 aliphatic carbocycles. The van der Waals surface area contributed by atoms with E-state index in [1.165, 1.54) is 22.5 Å². The van der Waals surface area contributed by atoms with E-state index < -0.39 is 0 Å². The molecule has 30 heavy (non-hydrogen) atoms. The number of hydrogen-bond donors (Lipinski definition) is 1. The van der Waals surface area contributed by atoms with Gasteiger partial charge >= 0.3 is 0 Å². The van der Waals surface area contributed by atoms with Crippen LogP contribution in [0.1, 0.15) is 16.8 Å². The van der Waals surface area contributed by atoms with Crippen LogP contribution in [0.3, 0.4) is 0 Å². The molecule has 0 bridgehead atoms. The quantitative estimate of drug-likeness (QED) is 0.497. The average Bonchev–Trinajstić information content (AvgIpc) is 3.29. The number of fused-ring (bicyclic) bond motifs is 1. The third-order valence-electron chi connectivity index (χ3n) is 4.70. The molecule has 0 spiro atoms. The fourth-order valence-electron chi connectivity index (χ4n) is 2.99. The summed E-state index contributed by atoms with van der Waals surface area (Å²) >= 11 is 1.54. The lowest BCUT2D eigenvalue weighted by Gasteiger charge is -2.08. The number of thiazole rings is 1. The van der Waals surface area contributed by atoms with Crippen LogP contribution in [-0.2, 0) is 4.79 Å². The zero-order chi connectivity index (χ0) is 21.3. The Kier molecular flexibility index (Phi) is 5.41. The van der Waals surface area contributed by atoms with Gasteiger partial charge in [-0.15, -0.1) is 0 Å². The maximum absolute atomic E-state index is 12.4. The lowest BCUT2D eigenvalue weighted by atomic mass is 10.1. The van der Waals surface area contributed by atoms with E-state index in [9.17, 15) is 4.79 Å². The summed E-state index contributed by atoms with van der Waals surface area (Å²) in [7, 11) is 1.60. The minimum absolute atomic E-state index is 0.116. The minimum atomic E-state index is -0.278. The van der Waals surface area contributed by atoms with Crippen LogP contribution in [0, 0.1) is 20.8 Å². The third-order valence-corrected chi connectivity index (χ3v) is 5.70. The number of aryl methyl sites for hydroxylation is 3. The fraction of sp³-hybridized carbons (Fsp3) is 0.227. The SMILES string of the molecule is COc1ccc(OCC(=O)Nc2cc(C)nn2-c2nc3cc(C)c(C)cc3s2)cc1. The summed E-state index contributed by atoms with van der Waals surface area (Å²) in [6.45, 7) is 5.91. The van der Waals surface area contributed by atoms with E-state index in [0.29, 0.717) is 16.7 Å². The number of rotatable bonds is 6. The highest BCUT2D eigenvalue weighted by Gasteiger charge is 2.15. The second kappa shape index (κ2) is 8.16. The standard InChI is InChI=1S/C22H22N4O3S/c1-13-9-18-19(10-14(13)2)30-22(23-18)26-20(11-15(3)25-26)24-21(27)12-29-17-7-5-16(28-4)6-8-17/h5-11H,12H2,1-4H3,(H,24,27). The van der Waals surface area contributed by atoms with Crippen molar-refractivity contribution in [2.45, 2.75) is 20.8 Å². The Bertz CT molecular complexity index is 1170. The van der Waals surface area contributed by atoms with Gasteiger partial charge in [-0.05, 0) is 68.3 Å². The molecule has 2 aromatic carbocycles. The molecular weight excluding hydrogens is 400 g/mol. The molecule has 0 radical (unpaired) electrons. The summed E-state index contributed by atoms with van der Waals surface area (Å²) in [5.41, 5.74) is 4.12. The van der Waals surface area contributed by atoms with Crippen molar-refractivity contribution in [2.75, 3.05) is 19.0 Å². The maximum Gasteiger partial charge on any atom is 0.263 e. The molecule has 8 heteroatoms. The normalized spacial score (nSPS) is 10.9. The number of carbonyl (C=O) groups excluding carboxylic acids is 1. The van der Waals surface area contributed by atoms with Crippen LogP contribution in [0.15, 0.2) is 42.5 Å². The molecule has 1 amide bonds. The van der Waals surface area contributed by atoms with E-state index >= 15 is 0 Å². The van der Waals surface area contributed by atoms with E-state index in [0.717, 1.165) is 21.7 Å². The second-order valence-corrected chi connectivity index (χ2v) is 8.00. The number of methoxy groups -OCH3 is 1. The van der Waals surface area contributed by atoms with E-state index in [-0.39, 0.29) is 12.5 Å². The predicted molar refractivity (Wildman–Crippen MR) is 118 cm³/mol. The molecule has 0 saturated carbocycles. The molecule has 0 saturated heterocycles. The average molecular weight is 423 g/mol. The fourth-order valence-corrected chi connectivity index (χ4v) is 4.00. The zero-order valence-corrected chi connectivity index (χ0v) is 18.0. The highest BCUT2D eigenvalue weighted by Crippen LogP contribution is 2.29. The Labute approximate surface area is 178 Å². The van der Waals surface area contributed by atoms with Crippen molar-refractivity contribution in [1.29, 1.82) is 0 Å². The lowest BCUT2D eigenvalue weighted by molar-refractivity contribution is -0.118. The summed E-state index contributed by atoms with van der Waals surface area (Å²) in [6.07, 6.45) is 0. The molecule has 2 heterocycles. The molecule has 0 aliphatic heterocycles. The molecule has 0 fully saturated rings. The van der Waals surface area contributed by atoms with Gasteiger partial charge in [0, 0.05) is 6.07 Å². The molecular formula is C22H22N4O3S. The molecule has 7 nitrogen and oxygen atoms in total. The van der Waals surface area contributed by atoms with Crippen LogP contribution >= 0.6 is 11.3 Å². The number of ether oxygens (including phenoxy) is 2. The van der Waals surface area contributed by atoms with Crippen molar-refractivity contribution < 1.29 is 14.3 Å². The van der Waals surface area contributed by atoms with Crippen molar-refractivity contribution in [2.24, 2.45) is 0 Å². The summed E-state index contributed by atoms with van der Waals surface area (Å²) in [6, 6.07) is 13.1. The van der Waals surface area contributed by atoms with Crippen LogP contribution in [0.25, 0.3) is 15.3 Å². The molecule has 1 N–H and O–H groups in total. The molecule has 0 unspecified atom stereocenters. The zero-order valence-electron chi connectivity index (χ0n) is 17.2.